The summed E-state index contributed by atoms with van der Waals surface area (Å²) in [5.74, 6) is 0.373. The molecule has 2 rings (SSSR count). The number of benzene rings is 1. The zero-order valence-corrected chi connectivity index (χ0v) is 10.1. The van der Waals surface area contributed by atoms with Crippen molar-refractivity contribution in [1.29, 1.82) is 0 Å². The van der Waals surface area contributed by atoms with Crippen molar-refractivity contribution in [1.82, 2.24) is 4.98 Å². The highest BCUT2D eigenvalue weighted by molar-refractivity contribution is 6.30. The van der Waals surface area contributed by atoms with Gasteiger partial charge in [0.2, 0.25) is 0 Å². The molecule has 1 N–H and O–H groups in total. The Morgan fingerprint density at radius 3 is 2.82 bits per heavy atom. The van der Waals surface area contributed by atoms with Crippen LogP contribution in [0.1, 0.15) is 6.92 Å². The Morgan fingerprint density at radius 1 is 1.29 bits per heavy atom. The van der Waals surface area contributed by atoms with Crippen molar-refractivity contribution in [3.63, 3.8) is 0 Å². The third kappa shape index (κ3) is 2.74. The molecule has 17 heavy (non-hydrogen) atoms. The van der Waals surface area contributed by atoms with Gasteiger partial charge in [-0.25, -0.2) is 9.37 Å². The van der Waals surface area contributed by atoms with Crippen molar-refractivity contribution in [2.45, 2.75) is 6.92 Å². The summed E-state index contributed by atoms with van der Waals surface area (Å²) in [4.78, 5) is 4.33. The summed E-state index contributed by atoms with van der Waals surface area (Å²) in [5, 5.41) is 3.47. The summed E-state index contributed by atoms with van der Waals surface area (Å²) in [6, 6.07) is 10.0. The van der Waals surface area contributed by atoms with Gasteiger partial charge in [-0.3, -0.25) is 0 Å². The van der Waals surface area contributed by atoms with E-state index in [-0.39, 0.29) is 5.82 Å². The Bertz CT molecular complexity index is 529. The first-order valence-electron chi connectivity index (χ1n) is 5.37. The third-order valence-electron chi connectivity index (χ3n) is 2.31. The van der Waals surface area contributed by atoms with Gasteiger partial charge in [-0.05, 0) is 37.3 Å². The van der Waals surface area contributed by atoms with Crippen LogP contribution in [0.2, 0.25) is 5.02 Å². The van der Waals surface area contributed by atoms with Crippen molar-refractivity contribution in [2.24, 2.45) is 0 Å². The zero-order valence-electron chi connectivity index (χ0n) is 9.37. The maximum atomic E-state index is 13.7. The molecule has 0 amide bonds. The molecule has 0 aliphatic carbocycles. The van der Waals surface area contributed by atoms with Crippen molar-refractivity contribution in [2.75, 3.05) is 11.9 Å². The lowest BCUT2D eigenvalue weighted by Crippen LogP contribution is -1.99. The predicted octanol–water partition coefficient (Wildman–Crippen LogP) is 3.97. The number of nitrogens with one attached hydrogen (secondary N) is 1. The van der Waals surface area contributed by atoms with E-state index in [4.69, 9.17) is 11.6 Å². The fourth-order valence-electron chi connectivity index (χ4n) is 1.56. The molecule has 0 unspecified atom stereocenters. The lowest BCUT2D eigenvalue weighted by atomic mass is 10.1. The molecule has 4 heteroatoms. The van der Waals surface area contributed by atoms with Crippen LogP contribution in [0.4, 0.5) is 10.2 Å². The van der Waals surface area contributed by atoms with Crippen molar-refractivity contribution >= 4 is 17.4 Å². The number of hydrogen-bond acceptors (Lipinski definition) is 2. The minimum absolute atomic E-state index is 0.362. The second-order valence-electron chi connectivity index (χ2n) is 3.56. The van der Waals surface area contributed by atoms with Crippen LogP contribution < -0.4 is 5.32 Å². The second-order valence-corrected chi connectivity index (χ2v) is 4.00. The summed E-state index contributed by atoms with van der Waals surface area (Å²) in [5.41, 5.74) is 1.05. The van der Waals surface area contributed by atoms with E-state index in [0.29, 0.717) is 16.3 Å². The van der Waals surface area contributed by atoms with E-state index in [1.807, 2.05) is 19.1 Å². The predicted molar refractivity (Wildman–Crippen MR) is 68.8 cm³/mol. The highest BCUT2D eigenvalue weighted by atomic mass is 35.5. The van der Waals surface area contributed by atoms with Crippen LogP contribution in [0.15, 0.2) is 36.4 Å². The Kier molecular flexibility index (Phi) is 3.59. The first-order valence-corrected chi connectivity index (χ1v) is 5.75. The van der Waals surface area contributed by atoms with Gasteiger partial charge in [0.05, 0.1) is 5.69 Å². The van der Waals surface area contributed by atoms with Crippen LogP contribution >= 0.6 is 11.6 Å². The van der Waals surface area contributed by atoms with E-state index >= 15 is 0 Å². The van der Waals surface area contributed by atoms with Gasteiger partial charge in [-0.2, -0.15) is 0 Å². The van der Waals surface area contributed by atoms with Crippen molar-refractivity contribution in [3.05, 3.63) is 47.2 Å². The van der Waals surface area contributed by atoms with Crippen molar-refractivity contribution in [3.8, 4) is 11.3 Å². The van der Waals surface area contributed by atoms with Gasteiger partial charge in [-0.1, -0.05) is 17.7 Å². The third-order valence-corrected chi connectivity index (χ3v) is 2.55. The molecule has 0 atom stereocenters. The van der Waals surface area contributed by atoms with Crippen LogP contribution in [-0.4, -0.2) is 11.5 Å². The van der Waals surface area contributed by atoms with Crippen LogP contribution in [0.5, 0.6) is 0 Å². The summed E-state index contributed by atoms with van der Waals surface area (Å²) >= 11 is 5.71. The topological polar surface area (TPSA) is 24.9 Å². The Hall–Kier alpha value is -1.61. The number of pyridine rings is 1. The van der Waals surface area contributed by atoms with E-state index in [2.05, 4.69) is 10.3 Å². The highest BCUT2D eigenvalue weighted by Gasteiger charge is 2.07. The number of nitrogens with zero attached hydrogens (tertiary/aromatic N) is 1. The second kappa shape index (κ2) is 5.15. The minimum Gasteiger partial charge on any atom is -0.370 e. The largest absolute Gasteiger partial charge is 0.370 e. The molecule has 1 aromatic carbocycles. The van der Waals surface area contributed by atoms with Crippen molar-refractivity contribution < 1.29 is 4.39 Å². The Labute approximate surface area is 104 Å². The Balaban J connectivity index is 2.42. The van der Waals surface area contributed by atoms with E-state index in [0.717, 1.165) is 12.4 Å². The quantitative estimate of drug-likeness (QED) is 0.892. The van der Waals surface area contributed by atoms with Gasteiger partial charge in [0.25, 0.3) is 0 Å². The fourth-order valence-corrected chi connectivity index (χ4v) is 1.72. The molecule has 0 aliphatic rings. The molecular weight excluding hydrogens is 239 g/mol. The maximum absolute atomic E-state index is 13.7. The molecule has 0 saturated heterocycles. The standard InChI is InChI=1S/C13H12ClFN2/c1-2-16-13-5-3-4-12(17-13)10-7-6-9(14)8-11(10)15/h3-8H,2H2,1H3,(H,16,17). The van der Waals surface area contributed by atoms with Gasteiger partial charge in [0, 0.05) is 17.1 Å². The highest BCUT2D eigenvalue weighted by Crippen LogP contribution is 2.24. The first kappa shape index (κ1) is 11.9. The molecular formula is C13H12ClFN2. The molecule has 0 saturated carbocycles. The van der Waals surface area contributed by atoms with E-state index in [9.17, 15) is 4.39 Å². The smallest absolute Gasteiger partial charge is 0.134 e. The first-order chi connectivity index (χ1) is 8.20. The minimum atomic E-state index is -0.362. The summed E-state index contributed by atoms with van der Waals surface area (Å²) in [6.07, 6.45) is 0. The van der Waals surface area contributed by atoms with Gasteiger partial charge < -0.3 is 5.32 Å². The molecule has 0 fully saturated rings. The Morgan fingerprint density at radius 2 is 2.12 bits per heavy atom. The number of rotatable bonds is 3. The lowest BCUT2D eigenvalue weighted by Gasteiger charge is -2.06. The normalized spacial score (nSPS) is 10.3. The number of aromatic nitrogens is 1. The summed E-state index contributed by atoms with van der Waals surface area (Å²) in [7, 11) is 0. The summed E-state index contributed by atoms with van der Waals surface area (Å²) < 4.78 is 13.7. The maximum Gasteiger partial charge on any atom is 0.134 e. The average molecular weight is 251 g/mol. The van der Waals surface area contributed by atoms with E-state index in [1.165, 1.54) is 6.07 Å². The lowest BCUT2D eigenvalue weighted by molar-refractivity contribution is 0.631. The number of halogens is 2. The SMILES string of the molecule is CCNc1cccc(-c2ccc(Cl)cc2F)n1. The molecule has 1 heterocycles. The molecule has 1 aromatic heterocycles. The van der Waals surface area contributed by atoms with Gasteiger partial charge in [-0.15, -0.1) is 0 Å². The molecule has 2 aromatic rings. The molecule has 0 radical (unpaired) electrons. The van der Waals surface area contributed by atoms with Crippen LogP contribution in [0.3, 0.4) is 0 Å². The van der Waals surface area contributed by atoms with Gasteiger partial charge in [0.1, 0.15) is 11.6 Å². The van der Waals surface area contributed by atoms with E-state index in [1.54, 1.807) is 18.2 Å². The monoisotopic (exact) mass is 250 g/mol. The van der Waals surface area contributed by atoms with Gasteiger partial charge in [0.15, 0.2) is 0 Å². The fraction of sp³-hybridized carbons (Fsp3) is 0.154. The molecule has 2 nitrogen and oxygen atoms in total. The average Bonchev–Trinajstić information content (AvgIpc) is 2.29. The molecule has 0 aliphatic heterocycles. The van der Waals surface area contributed by atoms with Crippen LogP contribution in [-0.2, 0) is 0 Å². The summed E-state index contributed by atoms with van der Waals surface area (Å²) in [6.45, 7) is 2.76. The molecule has 88 valence electrons. The molecule has 0 spiro atoms. The zero-order chi connectivity index (χ0) is 12.3. The van der Waals surface area contributed by atoms with Crippen LogP contribution in [0, 0.1) is 5.82 Å². The van der Waals surface area contributed by atoms with Gasteiger partial charge >= 0.3 is 0 Å². The number of hydrogen-bond donors (Lipinski definition) is 1. The van der Waals surface area contributed by atoms with Crippen LogP contribution in [0.25, 0.3) is 11.3 Å². The van der Waals surface area contributed by atoms with E-state index < -0.39 is 0 Å². The number of anilines is 1. The molecule has 0 bridgehead atoms.